The molecule has 3 nitrogen and oxygen atoms in total. The third-order valence-electron chi connectivity index (χ3n) is 4.02. The second-order valence-corrected chi connectivity index (χ2v) is 5.87. The topological polar surface area (TPSA) is 24.5 Å². The Labute approximate surface area is 123 Å². The van der Waals surface area contributed by atoms with Gasteiger partial charge in [-0.2, -0.15) is 0 Å². The summed E-state index contributed by atoms with van der Waals surface area (Å²) in [5, 5.41) is 3.72. The largest absolute Gasteiger partial charge is 0.380 e. The van der Waals surface area contributed by atoms with Gasteiger partial charge in [-0.15, -0.1) is 0 Å². The Morgan fingerprint density at radius 1 is 1.25 bits per heavy atom. The fraction of sp³-hybridized carbons (Fsp3) is 0.647. The molecule has 112 valence electrons. The summed E-state index contributed by atoms with van der Waals surface area (Å²) in [6.07, 6.45) is 2.31. The van der Waals surface area contributed by atoms with Gasteiger partial charge in [0.25, 0.3) is 0 Å². The lowest BCUT2D eigenvalue weighted by molar-refractivity contribution is 0.0973. The van der Waals surface area contributed by atoms with E-state index in [0.717, 1.165) is 45.8 Å². The van der Waals surface area contributed by atoms with Crippen LogP contribution in [0.1, 0.15) is 32.3 Å². The van der Waals surface area contributed by atoms with Gasteiger partial charge < -0.3 is 10.1 Å². The standard InChI is InChI=1S/C17H28N2O/c1-3-13-20-14-12-19-11-7-10-18-17(2,15-19)16-8-5-4-6-9-16/h4-6,8-9,18H,3,7,10-15H2,1-2H3. The maximum absolute atomic E-state index is 5.64. The summed E-state index contributed by atoms with van der Waals surface area (Å²) in [5.41, 5.74) is 1.42. The van der Waals surface area contributed by atoms with Crippen LogP contribution in [0.25, 0.3) is 0 Å². The molecule has 20 heavy (non-hydrogen) atoms. The van der Waals surface area contributed by atoms with Gasteiger partial charge in [-0.05, 0) is 38.4 Å². The molecule has 0 saturated carbocycles. The van der Waals surface area contributed by atoms with Crippen LogP contribution in [0, 0.1) is 0 Å². The van der Waals surface area contributed by atoms with Gasteiger partial charge >= 0.3 is 0 Å². The van der Waals surface area contributed by atoms with E-state index in [-0.39, 0.29) is 5.54 Å². The van der Waals surface area contributed by atoms with Gasteiger partial charge in [-0.25, -0.2) is 0 Å². The van der Waals surface area contributed by atoms with Crippen LogP contribution in [0.15, 0.2) is 30.3 Å². The maximum Gasteiger partial charge on any atom is 0.0593 e. The molecule has 1 N–H and O–H groups in total. The predicted octanol–water partition coefficient (Wildman–Crippen LogP) is 2.62. The van der Waals surface area contributed by atoms with Crippen molar-refractivity contribution in [3.05, 3.63) is 35.9 Å². The predicted molar refractivity (Wildman–Crippen MR) is 84.0 cm³/mol. The number of ether oxygens (including phenoxy) is 1. The minimum Gasteiger partial charge on any atom is -0.380 e. The number of hydrogen-bond acceptors (Lipinski definition) is 3. The van der Waals surface area contributed by atoms with Crippen LogP contribution in [0.2, 0.25) is 0 Å². The maximum atomic E-state index is 5.64. The highest BCUT2D eigenvalue weighted by Crippen LogP contribution is 2.23. The highest BCUT2D eigenvalue weighted by molar-refractivity contribution is 5.24. The average molecular weight is 276 g/mol. The van der Waals surface area contributed by atoms with E-state index in [1.165, 1.54) is 12.0 Å². The molecule has 1 fully saturated rings. The molecule has 1 aromatic rings. The number of rotatable bonds is 6. The SMILES string of the molecule is CCCOCCN1CCCNC(C)(c2ccccc2)C1. The van der Waals surface area contributed by atoms with Crippen LogP contribution < -0.4 is 5.32 Å². The van der Waals surface area contributed by atoms with Crippen LogP contribution in [-0.4, -0.2) is 44.3 Å². The Kier molecular flexibility index (Phi) is 6.02. The van der Waals surface area contributed by atoms with E-state index >= 15 is 0 Å². The molecular formula is C17H28N2O. The molecule has 1 aliphatic heterocycles. The Bertz CT molecular complexity index is 382. The first-order chi connectivity index (χ1) is 9.74. The number of hydrogen-bond donors (Lipinski definition) is 1. The van der Waals surface area contributed by atoms with Crippen LogP contribution in [-0.2, 0) is 10.3 Å². The Morgan fingerprint density at radius 3 is 2.80 bits per heavy atom. The molecule has 1 heterocycles. The van der Waals surface area contributed by atoms with E-state index in [1.54, 1.807) is 0 Å². The summed E-state index contributed by atoms with van der Waals surface area (Å²) in [6.45, 7) is 10.5. The monoisotopic (exact) mass is 276 g/mol. The van der Waals surface area contributed by atoms with Crippen molar-refractivity contribution in [3.8, 4) is 0 Å². The van der Waals surface area contributed by atoms with Crippen molar-refractivity contribution in [1.82, 2.24) is 10.2 Å². The molecular weight excluding hydrogens is 248 g/mol. The zero-order valence-electron chi connectivity index (χ0n) is 12.9. The third kappa shape index (κ3) is 4.30. The molecule has 1 saturated heterocycles. The fourth-order valence-electron chi connectivity index (χ4n) is 2.88. The molecule has 0 spiro atoms. The molecule has 3 heteroatoms. The van der Waals surface area contributed by atoms with E-state index in [0.29, 0.717) is 0 Å². The zero-order valence-corrected chi connectivity index (χ0v) is 12.9. The molecule has 0 radical (unpaired) electrons. The summed E-state index contributed by atoms with van der Waals surface area (Å²) >= 11 is 0. The van der Waals surface area contributed by atoms with Crippen LogP contribution in [0.3, 0.4) is 0 Å². The minimum atomic E-state index is 0.0442. The van der Waals surface area contributed by atoms with Crippen molar-refractivity contribution in [3.63, 3.8) is 0 Å². The molecule has 0 amide bonds. The second kappa shape index (κ2) is 7.77. The molecule has 0 bridgehead atoms. The van der Waals surface area contributed by atoms with Crippen molar-refractivity contribution in [1.29, 1.82) is 0 Å². The number of benzene rings is 1. The fourth-order valence-corrected chi connectivity index (χ4v) is 2.88. The van der Waals surface area contributed by atoms with Gasteiger partial charge in [0, 0.05) is 19.7 Å². The smallest absolute Gasteiger partial charge is 0.0593 e. The van der Waals surface area contributed by atoms with Crippen molar-refractivity contribution in [2.45, 2.75) is 32.2 Å². The first-order valence-electron chi connectivity index (χ1n) is 7.85. The van der Waals surface area contributed by atoms with E-state index in [9.17, 15) is 0 Å². The summed E-state index contributed by atoms with van der Waals surface area (Å²) in [5.74, 6) is 0. The van der Waals surface area contributed by atoms with Gasteiger partial charge in [-0.3, -0.25) is 4.90 Å². The number of nitrogens with one attached hydrogen (secondary N) is 1. The molecule has 0 aliphatic carbocycles. The van der Waals surface area contributed by atoms with Gasteiger partial charge in [0.1, 0.15) is 0 Å². The lowest BCUT2D eigenvalue weighted by Gasteiger charge is -2.34. The lowest BCUT2D eigenvalue weighted by atomic mass is 9.91. The van der Waals surface area contributed by atoms with Crippen molar-refractivity contribution < 1.29 is 4.74 Å². The molecule has 1 unspecified atom stereocenters. The van der Waals surface area contributed by atoms with Crippen LogP contribution in [0.5, 0.6) is 0 Å². The van der Waals surface area contributed by atoms with E-state index < -0.39 is 0 Å². The molecule has 1 atom stereocenters. The summed E-state index contributed by atoms with van der Waals surface area (Å²) < 4.78 is 5.64. The third-order valence-corrected chi connectivity index (χ3v) is 4.02. The van der Waals surface area contributed by atoms with Crippen molar-refractivity contribution in [2.24, 2.45) is 0 Å². The second-order valence-electron chi connectivity index (χ2n) is 5.87. The van der Waals surface area contributed by atoms with Gasteiger partial charge in [-0.1, -0.05) is 37.3 Å². The number of nitrogens with zero attached hydrogens (tertiary/aromatic N) is 1. The molecule has 1 aromatic carbocycles. The molecule has 2 rings (SSSR count). The first kappa shape index (κ1) is 15.5. The molecule has 1 aliphatic rings. The summed E-state index contributed by atoms with van der Waals surface area (Å²) in [7, 11) is 0. The Balaban J connectivity index is 1.96. The molecule has 0 aromatic heterocycles. The van der Waals surface area contributed by atoms with E-state index in [4.69, 9.17) is 4.74 Å². The van der Waals surface area contributed by atoms with Crippen molar-refractivity contribution in [2.75, 3.05) is 39.4 Å². The lowest BCUT2D eigenvalue weighted by Crippen LogP contribution is -2.47. The minimum absolute atomic E-state index is 0.0442. The average Bonchev–Trinajstić information content (AvgIpc) is 2.67. The zero-order chi connectivity index (χ0) is 14.3. The normalized spacial score (nSPS) is 24.5. The Hall–Kier alpha value is -0.900. The van der Waals surface area contributed by atoms with Gasteiger partial charge in [0.05, 0.1) is 12.1 Å². The highest BCUT2D eigenvalue weighted by atomic mass is 16.5. The van der Waals surface area contributed by atoms with Crippen LogP contribution in [0.4, 0.5) is 0 Å². The van der Waals surface area contributed by atoms with E-state index in [1.807, 2.05) is 0 Å². The summed E-state index contributed by atoms with van der Waals surface area (Å²) in [6, 6.07) is 10.8. The Morgan fingerprint density at radius 2 is 2.05 bits per heavy atom. The summed E-state index contributed by atoms with van der Waals surface area (Å²) in [4.78, 5) is 2.53. The van der Waals surface area contributed by atoms with Gasteiger partial charge in [0.2, 0.25) is 0 Å². The van der Waals surface area contributed by atoms with Crippen molar-refractivity contribution >= 4 is 0 Å². The van der Waals surface area contributed by atoms with E-state index in [2.05, 4.69) is 54.4 Å². The quantitative estimate of drug-likeness (QED) is 0.808. The highest BCUT2D eigenvalue weighted by Gasteiger charge is 2.30. The van der Waals surface area contributed by atoms with Crippen LogP contribution >= 0.6 is 0 Å². The van der Waals surface area contributed by atoms with Gasteiger partial charge in [0.15, 0.2) is 0 Å². The first-order valence-corrected chi connectivity index (χ1v) is 7.85.